The molecule has 1 aromatic carbocycles. The summed E-state index contributed by atoms with van der Waals surface area (Å²) in [5.74, 6) is -1.69. The van der Waals surface area contributed by atoms with E-state index in [2.05, 4.69) is 20.1 Å². The number of nitrogen functional groups attached to an aromatic ring is 1. The number of carboxylic acid groups (broad SMARTS) is 1. The third-order valence-corrected chi connectivity index (χ3v) is 4.03. The van der Waals surface area contributed by atoms with E-state index < -0.39 is 17.3 Å². The van der Waals surface area contributed by atoms with Crippen molar-refractivity contribution < 1.29 is 14.3 Å². The Labute approximate surface area is 146 Å². The van der Waals surface area contributed by atoms with Crippen LogP contribution in [0, 0.1) is 5.82 Å². The molecule has 3 aromatic heterocycles. The van der Waals surface area contributed by atoms with Gasteiger partial charge in [-0.2, -0.15) is 5.10 Å². The molecule has 0 amide bonds. The van der Waals surface area contributed by atoms with Crippen LogP contribution in [-0.2, 0) is 7.05 Å². The molecule has 130 valence electrons. The number of carbonyl (C=O) groups is 1. The van der Waals surface area contributed by atoms with Crippen LogP contribution in [0.25, 0.3) is 33.5 Å². The molecule has 3 heterocycles. The van der Waals surface area contributed by atoms with E-state index in [-0.39, 0.29) is 11.3 Å². The number of aromatic nitrogens is 5. The number of anilines is 1. The molecule has 0 unspecified atom stereocenters. The first kappa shape index (κ1) is 15.8. The Morgan fingerprint density at radius 3 is 2.81 bits per heavy atom. The van der Waals surface area contributed by atoms with Crippen molar-refractivity contribution >= 4 is 22.8 Å². The zero-order valence-corrected chi connectivity index (χ0v) is 13.6. The number of halogens is 1. The number of aromatic amines is 1. The van der Waals surface area contributed by atoms with Gasteiger partial charge in [0.1, 0.15) is 23.0 Å². The molecule has 0 aliphatic carbocycles. The maximum atomic E-state index is 13.9. The number of fused-ring (bicyclic) bond motifs is 1. The molecule has 0 aliphatic rings. The Morgan fingerprint density at radius 2 is 2.12 bits per heavy atom. The molecule has 4 N–H and O–H groups in total. The summed E-state index contributed by atoms with van der Waals surface area (Å²) in [6.45, 7) is 0. The molecular formula is C17H13FN6O2. The number of rotatable bonds is 3. The van der Waals surface area contributed by atoms with Gasteiger partial charge in [-0.25, -0.2) is 19.2 Å². The summed E-state index contributed by atoms with van der Waals surface area (Å²) < 4.78 is 15.5. The fourth-order valence-electron chi connectivity index (χ4n) is 2.78. The van der Waals surface area contributed by atoms with E-state index in [4.69, 9.17) is 5.73 Å². The number of hydrogen-bond donors (Lipinski definition) is 3. The van der Waals surface area contributed by atoms with Crippen molar-refractivity contribution in [3.8, 4) is 22.5 Å². The van der Waals surface area contributed by atoms with Crippen molar-refractivity contribution in [3.63, 3.8) is 0 Å². The maximum absolute atomic E-state index is 13.9. The van der Waals surface area contributed by atoms with E-state index in [0.29, 0.717) is 16.9 Å². The summed E-state index contributed by atoms with van der Waals surface area (Å²) in [7, 11) is 1.80. The Kier molecular flexibility index (Phi) is 3.43. The average Bonchev–Trinajstić information content (AvgIpc) is 3.21. The van der Waals surface area contributed by atoms with Crippen LogP contribution in [0.2, 0.25) is 0 Å². The highest BCUT2D eigenvalue weighted by Crippen LogP contribution is 2.30. The monoisotopic (exact) mass is 352 g/mol. The van der Waals surface area contributed by atoms with Crippen molar-refractivity contribution in [1.82, 2.24) is 24.7 Å². The lowest BCUT2D eigenvalue weighted by Gasteiger charge is -2.04. The number of nitrogens with one attached hydrogen (secondary N) is 1. The normalized spacial score (nSPS) is 11.2. The van der Waals surface area contributed by atoms with E-state index >= 15 is 0 Å². The van der Waals surface area contributed by atoms with Crippen molar-refractivity contribution in [2.45, 2.75) is 0 Å². The fraction of sp³-hybridized carbons (Fsp3) is 0.0588. The Bertz CT molecular complexity index is 1160. The van der Waals surface area contributed by atoms with Gasteiger partial charge in [0.15, 0.2) is 0 Å². The molecule has 4 aromatic rings. The second-order valence-electron chi connectivity index (χ2n) is 5.77. The number of carboxylic acids is 1. The van der Waals surface area contributed by atoms with Crippen molar-refractivity contribution in [2.75, 3.05) is 5.73 Å². The van der Waals surface area contributed by atoms with Gasteiger partial charge in [-0.3, -0.25) is 4.68 Å². The van der Waals surface area contributed by atoms with Gasteiger partial charge in [-0.15, -0.1) is 0 Å². The number of hydrogen-bond acceptors (Lipinski definition) is 5. The van der Waals surface area contributed by atoms with Crippen LogP contribution in [0.15, 0.2) is 36.8 Å². The predicted octanol–water partition coefficient (Wildman–Crippen LogP) is 2.44. The number of nitrogens with two attached hydrogens (primary N) is 1. The van der Waals surface area contributed by atoms with Crippen LogP contribution < -0.4 is 5.73 Å². The molecule has 0 bridgehead atoms. The number of imidazole rings is 1. The quantitative estimate of drug-likeness (QED) is 0.520. The van der Waals surface area contributed by atoms with Gasteiger partial charge in [-0.05, 0) is 18.2 Å². The van der Waals surface area contributed by atoms with Gasteiger partial charge >= 0.3 is 5.97 Å². The molecule has 26 heavy (non-hydrogen) atoms. The molecular weight excluding hydrogens is 339 g/mol. The molecule has 9 heteroatoms. The van der Waals surface area contributed by atoms with Crippen LogP contribution in [0.5, 0.6) is 0 Å². The number of benzene rings is 1. The number of nitrogens with zero attached hydrogens (tertiary/aromatic N) is 4. The summed E-state index contributed by atoms with van der Waals surface area (Å²) in [4.78, 5) is 22.7. The predicted molar refractivity (Wildman–Crippen MR) is 92.9 cm³/mol. The van der Waals surface area contributed by atoms with E-state index in [9.17, 15) is 14.3 Å². The van der Waals surface area contributed by atoms with Crippen molar-refractivity contribution in [1.29, 1.82) is 0 Å². The number of aromatic carboxylic acids is 1. The molecule has 0 saturated heterocycles. The Balaban J connectivity index is 1.90. The van der Waals surface area contributed by atoms with Gasteiger partial charge in [0.2, 0.25) is 0 Å². The molecule has 0 spiro atoms. The van der Waals surface area contributed by atoms with Crippen molar-refractivity contribution in [2.24, 2.45) is 7.05 Å². The maximum Gasteiger partial charge on any atom is 0.340 e. The van der Waals surface area contributed by atoms with E-state index in [1.165, 1.54) is 6.07 Å². The lowest BCUT2D eigenvalue weighted by Crippen LogP contribution is -2.01. The number of H-pyrrole nitrogens is 1. The highest BCUT2D eigenvalue weighted by atomic mass is 19.1. The highest BCUT2D eigenvalue weighted by Gasteiger charge is 2.19. The summed E-state index contributed by atoms with van der Waals surface area (Å²) in [6.07, 6.45) is 5.13. The van der Waals surface area contributed by atoms with Crippen LogP contribution in [0.4, 0.5) is 10.2 Å². The van der Waals surface area contributed by atoms with Gasteiger partial charge in [0.25, 0.3) is 0 Å². The molecule has 4 rings (SSSR count). The number of pyridine rings is 1. The van der Waals surface area contributed by atoms with Crippen molar-refractivity contribution in [3.05, 3.63) is 48.2 Å². The third-order valence-electron chi connectivity index (χ3n) is 4.03. The first-order valence-corrected chi connectivity index (χ1v) is 7.60. The number of aryl methyl sites for hydroxylation is 1. The van der Waals surface area contributed by atoms with E-state index in [0.717, 1.165) is 17.2 Å². The molecule has 0 aliphatic heterocycles. The van der Waals surface area contributed by atoms with E-state index in [1.54, 1.807) is 30.2 Å². The lowest BCUT2D eigenvalue weighted by molar-refractivity contribution is 0.0694. The first-order valence-electron chi connectivity index (χ1n) is 7.60. The minimum absolute atomic E-state index is 0.0960. The highest BCUT2D eigenvalue weighted by molar-refractivity contribution is 6.02. The zero-order valence-electron chi connectivity index (χ0n) is 13.6. The second-order valence-corrected chi connectivity index (χ2v) is 5.77. The fourth-order valence-corrected chi connectivity index (χ4v) is 2.78. The van der Waals surface area contributed by atoms with Crippen LogP contribution >= 0.6 is 0 Å². The van der Waals surface area contributed by atoms with E-state index in [1.807, 2.05) is 6.20 Å². The van der Waals surface area contributed by atoms with Gasteiger partial charge in [0.05, 0.1) is 22.8 Å². The van der Waals surface area contributed by atoms with Gasteiger partial charge in [-0.1, -0.05) is 0 Å². The lowest BCUT2D eigenvalue weighted by atomic mass is 10.1. The molecule has 0 fully saturated rings. The molecule has 0 radical (unpaired) electrons. The molecule has 0 atom stereocenters. The third kappa shape index (κ3) is 2.46. The Morgan fingerprint density at radius 1 is 1.31 bits per heavy atom. The second kappa shape index (κ2) is 5.66. The standard InChI is InChI=1S/C17H13FN6O2/c1-24-7-9(6-21-24)8-4-10(15(19)20-5-8)16-22-12-3-2-11(18)13(17(25)26)14(12)23-16/h2-7H,1H3,(H2,19,20)(H,22,23)(H,25,26). The minimum atomic E-state index is -1.38. The van der Waals surface area contributed by atoms with Crippen LogP contribution in [0.1, 0.15) is 10.4 Å². The molecule has 8 nitrogen and oxygen atoms in total. The van der Waals surface area contributed by atoms with Gasteiger partial charge < -0.3 is 15.8 Å². The molecule has 0 saturated carbocycles. The first-order chi connectivity index (χ1) is 12.4. The zero-order chi connectivity index (χ0) is 18.4. The van der Waals surface area contributed by atoms with Gasteiger partial charge in [0, 0.05) is 30.6 Å². The largest absolute Gasteiger partial charge is 0.478 e. The smallest absolute Gasteiger partial charge is 0.340 e. The average molecular weight is 352 g/mol. The SMILES string of the molecule is Cn1cc(-c2cnc(N)c(-c3nc4ccc(F)c(C(=O)O)c4[nH]3)c2)cn1. The summed E-state index contributed by atoms with van der Waals surface area (Å²) in [5.41, 5.74) is 8.03. The minimum Gasteiger partial charge on any atom is -0.478 e. The summed E-state index contributed by atoms with van der Waals surface area (Å²) >= 11 is 0. The summed E-state index contributed by atoms with van der Waals surface area (Å²) in [6, 6.07) is 4.25. The summed E-state index contributed by atoms with van der Waals surface area (Å²) in [5, 5.41) is 13.4. The van der Waals surface area contributed by atoms with Crippen LogP contribution in [-0.4, -0.2) is 35.8 Å². The van der Waals surface area contributed by atoms with Crippen LogP contribution in [0.3, 0.4) is 0 Å². The topological polar surface area (TPSA) is 123 Å². The Hall–Kier alpha value is -3.75.